The van der Waals surface area contributed by atoms with Crippen LogP contribution in [0.5, 0.6) is 0 Å². The van der Waals surface area contributed by atoms with Gasteiger partial charge in [0.25, 0.3) is 0 Å². The maximum atomic E-state index is 5.31. The van der Waals surface area contributed by atoms with Crippen LogP contribution in [0.2, 0.25) is 0 Å². The molecule has 11 rings (SSSR count). The van der Waals surface area contributed by atoms with Crippen LogP contribution in [0.3, 0.4) is 0 Å². The van der Waals surface area contributed by atoms with Gasteiger partial charge < -0.3 is 0 Å². The van der Waals surface area contributed by atoms with E-state index in [9.17, 15) is 0 Å². The maximum Gasteiger partial charge on any atom is 0.238 e. The zero-order valence-corrected chi connectivity index (χ0v) is 30.4. The predicted octanol–water partition coefficient (Wildman–Crippen LogP) is 12.3. The Kier molecular flexibility index (Phi) is 7.36. The molecule has 10 aromatic rings. The largest absolute Gasteiger partial charge is 0.278 e. The van der Waals surface area contributed by atoms with Crippen molar-refractivity contribution in [1.29, 1.82) is 0 Å². The van der Waals surface area contributed by atoms with Crippen molar-refractivity contribution in [3.63, 3.8) is 0 Å². The lowest BCUT2D eigenvalue weighted by atomic mass is 9.67. The molecule has 56 heavy (non-hydrogen) atoms. The normalized spacial score (nSPS) is 12.8. The molecule has 0 N–H and O–H groups in total. The van der Waals surface area contributed by atoms with Gasteiger partial charge in [0.05, 0.1) is 16.4 Å². The zero-order chi connectivity index (χ0) is 37.1. The molecule has 262 valence electrons. The topological polar surface area (TPSA) is 43.6 Å². The van der Waals surface area contributed by atoms with E-state index in [0.29, 0.717) is 17.6 Å². The molecule has 0 amide bonds. The van der Waals surface area contributed by atoms with E-state index in [2.05, 4.69) is 187 Å². The second kappa shape index (κ2) is 12.9. The summed E-state index contributed by atoms with van der Waals surface area (Å²) >= 11 is 0. The van der Waals surface area contributed by atoms with Crippen LogP contribution in [-0.4, -0.2) is 19.5 Å². The Bertz CT molecular complexity index is 3020. The van der Waals surface area contributed by atoms with Crippen LogP contribution in [0.15, 0.2) is 206 Å². The highest BCUT2D eigenvalue weighted by Gasteiger charge is 2.47. The summed E-state index contributed by atoms with van der Waals surface area (Å²) in [6.07, 6.45) is 0. The summed E-state index contributed by atoms with van der Waals surface area (Å²) < 4.78 is 2.23. The van der Waals surface area contributed by atoms with Crippen LogP contribution < -0.4 is 0 Å². The maximum absolute atomic E-state index is 5.31. The van der Waals surface area contributed by atoms with Gasteiger partial charge in [-0.05, 0) is 62.7 Å². The van der Waals surface area contributed by atoms with Gasteiger partial charge in [0.15, 0.2) is 11.6 Å². The minimum absolute atomic E-state index is 0.504. The highest BCUT2D eigenvalue weighted by Crippen LogP contribution is 2.58. The van der Waals surface area contributed by atoms with E-state index in [1.165, 1.54) is 38.8 Å². The van der Waals surface area contributed by atoms with E-state index in [1.54, 1.807) is 0 Å². The fraction of sp³-hybridized carbons (Fsp3) is 0.0192. The van der Waals surface area contributed by atoms with Crippen LogP contribution in [-0.2, 0) is 5.41 Å². The van der Waals surface area contributed by atoms with E-state index in [4.69, 9.17) is 15.0 Å². The fourth-order valence-corrected chi connectivity index (χ4v) is 8.99. The van der Waals surface area contributed by atoms with Crippen LogP contribution in [0.1, 0.15) is 22.3 Å². The van der Waals surface area contributed by atoms with Gasteiger partial charge in [0.1, 0.15) is 0 Å². The molecule has 4 heteroatoms. The molecule has 0 spiro atoms. The molecule has 8 aromatic carbocycles. The molecule has 0 aliphatic heterocycles. The molecular weight excluding hydrogens is 681 g/mol. The second-order valence-electron chi connectivity index (χ2n) is 14.4. The zero-order valence-electron chi connectivity index (χ0n) is 30.4. The molecule has 1 aliphatic rings. The van der Waals surface area contributed by atoms with Crippen molar-refractivity contribution in [3.05, 3.63) is 229 Å². The molecule has 1 aliphatic carbocycles. The molecule has 0 saturated carbocycles. The number of para-hydroxylation sites is 1. The third-order valence-electron chi connectivity index (χ3n) is 11.3. The number of benzene rings is 8. The Morgan fingerprint density at radius 2 is 0.929 bits per heavy atom. The molecule has 0 atom stereocenters. The molecule has 0 fully saturated rings. The van der Waals surface area contributed by atoms with E-state index >= 15 is 0 Å². The van der Waals surface area contributed by atoms with E-state index in [1.807, 2.05) is 24.3 Å². The molecular formula is C52H34N4. The lowest BCUT2D eigenvalue weighted by Gasteiger charge is -2.33. The number of hydrogen-bond acceptors (Lipinski definition) is 3. The lowest BCUT2D eigenvalue weighted by Crippen LogP contribution is -2.28. The SMILES string of the molecule is c1ccc(-c2cccc(-c3nc(-c4ccccc4)nc(-n4c5ccccc5c5c6c(ccc54)C(c4ccccc4)(c4ccccc4)c4ccccc4-6)n3)c2)cc1. The standard InChI is InChI=1S/C52H34N4/c1-5-18-35(19-6-1)37-22-17-23-38(34-37)50-53-49(36-20-7-2-8-21-36)54-51(55-50)56-45-31-16-14-29-42(45)48-46(56)33-32-44-47(48)41-28-13-15-30-43(41)52(44,39-24-9-3-10-25-39)40-26-11-4-12-27-40/h1-34H. The van der Waals surface area contributed by atoms with Crippen molar-refractivity contribution in [2.75, 3.05) is 0 Å². The van der Waals surface area contributed by atoms with Gasteiger partial charge in [-0.15, -0.1) is 0 Å². The van der Waals surface area contributed by atoms with Crippen molar-refractivity contribution in [3.8, 4) is 51.0 Å². The minimum atomic E-state index is -0.504. The van der Waals surface area contributed by atoms with Gasteiger partial charge in [0, 0.05) is 21.9 Å². The van der Waals surface area contributed by atoms with E-state index < -0.39 is 5.41 Å². The van der Waals surface area contributed by atoms with Crippen molar-refractivity contribution < 1.29 is 0 Å². The number of aromatic nitrogens is 4. The predicted molar refractivity (Wildman–Crippen MR) is 228 cm³/mol. The summed E-state index contributed by atoms with van der Waals surface area (Å²) in [5.41, 5.74) is 13.2. The van der Waals surface area contributed by atoms with Gasteiger partial charge in [-0.3, -0.25) is 4.57 Å². The summed E-state index contributed by atoms with van der Waals surface area (Å²) in [4.78, 5) is 15.7. The summed E-state index contributed by atoms with van der Waals surface area (Å²) in [7, 11) is 0. The average molecular weight is 715 g/mol. The quantitative estimate of drug-likeness (QED) is 0.172. The lowest BCUT2D eigenvalue weighted by molar-refractivity contribution is 0.769. The molecule has 0 radical (unpaired) electrons. The summed E-state index contributed by atoms with van der Waals surface area (Å²) in [6.45, 7) is 0. The Morgan fingerprint density at radius 3 is 1.64 bits per heavy atom. The third kappa shape index (κ3) is 4.83. The fourth-order valence-electron chi connectivity index (χ4n) is 8.99. The molecule has 0 saturated heterocycles. The molecule has 0 bridgehead atoms. The first-order valence-electron chi connectivity index (χ1n) is 19.0. The van der Waals surface area contributed by atoms with E-state index in [-0.39, 0.29) is 0 Å². The Balaban J connectivity index is 1.21. The van der Waals surface area contributed by atoms with Crippen LogP contribution >= 0.6 is 0 Å². The van der Waals surface area contributed by atoms with Crippen molar-refractivity contribution in [2.45, 2.75) is 5.41 Å². The van der Waals surface area contributed by atoms with E-state index in [0.717, 1.165) is 38.7 Å². The first kappa shape index (κ1) is 32.0. The summed E-state index contributed by atoms with van der Waals surface area (Å²) in [5, 5.41) is 2.34. The number of hydrogen-bond donors (Lipinski definition) is 0. The van der Waals surface area contributed by atoms with Gasteiger partial charge in [0.2, 0.25) is 5.95 Å². The molecule has 2 heterocycles. The van der Waals surface area contributed by atoms with Crippen LogP contribution in [0, 0.1) is 0 Å². The summed E-state index contributed by atoms with van der Waals surface area (Å²) in [6, 6.07) is 73.3. The van der Waals surface area contributed by atoms with Gasteiger partial charge >= 0.3 is 0 Å². The van der Waals surface area contributed by atoms with Crippen LogP contribution in [0.25, 0.3) is 72.8 Å². The Morgan fingerprint density at radius 1 is 0.375 bits per heavy atom. The number of fused-ring (bicyclic) bond motifs is 7. The highest BCUT2D eigenvalue weighted by molar-refractivity contribution is 6.18. The number of rotatable bonds is 6. The minimum Gasteiger partial charge on any atom is -0.278 e. The van der Waals surface area contributed by atoms with Crippen LogP contribution in [0.4, 0.5) is 0 Å². The van der Waals surface area contributed by atoms with Crippen molar-refractivity contribution >= 4 is 21.8 Å². The number of nitrogens with zero attached hydrogens (tertiary/aromatic N) is 4. The second-order valence-corrected chi connectivity index (χ2v) is 14.4. The molecule has 4 nitrogen and oxygen atoms in total. The first-order valence-corrected chi connectivity index (χ1v) is 19.0. The smallest absolute Gasteiger partial charge is 0.238 e. The van der Waals surface area contributed by atoms with Gasteiger partial charge in [-0.2, -0.15) is 9.97 Å². The van der Waals surface area contributed by atoms with Crippen molar-refractivity contribution in [2.24, 2.45) is 0 Å². The Hall–Kier alpha value is -7.43. The van der Waals surface area contributed by atoms with Gasteiger partial charge in [-0.1, -0.05) is 188 Å². The highest BCUT2D eigenvalue weighted by atomic mass is 15.2. The van der Waals surface area contributed by atoms with Gasteiger partial charge in [-0.25, -0.2) is 4.98 Å². The summed E-state index contributed by atoms with van der Waals surface area (Å²) in [5.74, 6) is 1.82. The van der Waals surface area contributed by atoms with Crippen molar-refractivity contribution in [1.82, 2.24) is 19.5 Å². The molecule has 2 aromatic heterocycles. The Labute approximate surface area is 325 Å². The average Bonchev–Trinajstić information content (AvgIpc) is 3.78. The monoisotopic (exact) mass is 714 g/mol. The first-order chi connectivity index (χ1) is 27.8. The molecule has 0 unspecified atom stereocenters. The third-order valence-corrected chi connectivity index (χ3v) is 11.3.